The van der Waals surface area contributed by atoms with Crippen molar-refractivity contribution >= 4 is 22.5 Å². The van der Waals surface area contributed by atoms with E-state index in [1.165, 1.54) is 18.2 Å². The number of hydrogen-bond acceptors (Lipinski definition) is 3. The minimum atomic E-state index is -2.76. The lowest BCUT2D eigenvalue weighted by atomic mass is 10.2. The van der Waals surface area contributed by atoms with E-state index in [4.69, 9.17) is 11.6 Å². The zero-order valence-corrected chi connectivity index (χ0v) is 8.04. The van der Waals surface area contributed by atoms with Crippen LogP contribution < -0.4 is 0 Å². The molecule has 1 aromatic carbocycles. The zero-order valence-electron chi connectivity index (χ0n) is 7.28. The van der Waals surface area contributed by atoms with Gasteiger partial charge in [0, 0.05) is 5.39 Å². The summed E-state index contributed by atoms with van der Waals surface area (Å²) in [7, 11) is 0. The van der Waals surface area contributed by atoms with Crippen LogP contribution in [0.2, 0.25) is 5.15 Å². The second kappa shape index (κ2) is 3.58. The average molecular weight is 231 g/mol. The predicted octanol–water partition coefficient (Wildman–Crippen LogP) is 2.93. The first-order valence-corrected chi connectivity index (χ1v) is 4.40. The fourth-order valence-electron chi connectivity index (χ4n) is 1.19. The molecule has 1 aromatic heterocycles. The van der Waals surface area contributed by atoms with Gasteiger partial charge in [-0.1, -0.05) is 11.6 Å². The van der Waals surface area contributed by atoms with E-state index < -0.39 is 12.2 Å². The Hall–Kier alpha value is -1.49. The van der Waals surface area contributed by atoms with E-state index >= 15 is 0 Å². The van der Waals surface area contributed by atoms with Gasteiger partial charge in [-0.2, -0.15) is 0 Å². The molecule has 6 heteroatoms. The summed E-state index contributed by atoms with van der Waals surface area (Å²) in [4.78, 5) is 7.06. The summed E-state index contributed by atoms with van der Waals surface area (Å²) in [6.45, 7) is 0. The van der Waals surface area contributed by atoms with Gasteiger partial charge in [0.05, 0.1) is 5.52 Å². The molecule has 0 aliphatic rings. The van der Waals surface area contributed by atoms with Gasteiger partial charge in [-0.25, -0.2) is 18.7 Å². The average Bonchev–Trinajstić information content (AvgIpc) is 2.18. The number of halogens is 3. The van der Waals surface area contributed by atoms with E-state index in [0.29, 0.717) is 5.39 Å². The molecular weight excluding hydrogens is 226 g/mol. The van der Waals surface area contributed by atoms with Gasteiger partial charge in [0.25, 0.3) is 6.43 Å². The Kier molecular flexibility index (Phi) is 2.40. The van der Waals surface area contributed by atoms with Crippen LogP contribution in [-0.2, 0) is 0 Å². The van der Waals surface area contributed by atoms with E-state index in [0.717, 1.165) is 0 Å². The number of phenolic OH excluding ortho intramolecular Hbond substituents is 1. The molecular formula is C9H5ClF2N2O. The van der Waals surface area contributed by atoms with Crippen molar-refractivity contribution in [3.05, 3.63) is 29.2 Å². The summed E-state index contributed by atoms with van der Waals surface area (Å²) >= 11 is 5.68. The molecule has 2 rings (SSSR count). The third-order valence-electron chi connectivity index (χ3n) is 1.85. The van der Waals surface area contributed by atoms with Crippen LogP contribution >= 0.6 is 11.6 Å². The number of rotatable bonds is 1. The lowest BCUT2D eigenvalue weighted by molar-refractivity contribution is 0.141. The van der Waals surface area contributed by atoms with Crippen LogP contribution in [0.3, 0.4) is 0 Å². The first-order chi connectivity index (χ1) is 7.08. The molecule has 0 aliphatic heterocycles. The standard InChI is InChI=1S/C9H5ClF2N2O/c10-7-5-3-4(15)1-2-6(5)13-9(14-7)8(11)12/h1-3,8,15H. The third kappa shape index (κ3) is 1.83. The Morgan fingerprint density at radius 2 is 2.00 bits per heavy atom. The van der Waals surface area contributed by atoms with Crippen LogP contribution in [-0.4, -0.2) is 15.1 Å². The number of aromatic nitrogens is 2. The molecule has 0 aliphatic carbocycles. The topological polar surface area (TPSA) is 46.0 Å². The van der Waals surface area contributed by atoms with Crippen molar-refractivity contribution in [2.75, 3.05) is 0 Å². The van der Waals surface area contributed by atoms with Crippen LogP contribution in [0.15, 0.2) is 18.2 Å². The highest BCUT2D eigenvalue weighted by molar-refractivity contribution is 6.34. The second-order valence-corrected chi connectivity index (χ2v) is 3.23. The van der Waals surface area contributed by atoms with Gasteiger partial charge in [0.15, 0.2) is 5.82 Å². The molecule has 1 N–H and O–H groups in total. The monoisotopic (exact) mass is 230 g/mol. The molecule has 2 aromatic rings. The van der Waals surface area contributed by atoms with E-state index in [1.54, 1.807) is 0 Å². The Morgan fingerprint density at radius 3 is 2.67 bits per heavy atom. The van der Waals surface area contributed by atoms with Gasteiger partial charge in [-0.05, 0) is 18.2 Å². The highest BCUT2D eigenvalue weighted by atomic mass is 35.5. The predicted molar refractivity (Wildman–Crippen MR) is 51.2 cm³/mol. The molecule has 0 saturated heterocycles. The molecule has 0 amide bonds. The van der Waals surface area contributed by atoms with Crippen molar-refractivity contribution in [2.24, 2.45) is 0 Å². The maximum Gasteiger partial charge on any atom is 0.297 e. The fraction of sp³-hybridized carbons (Fsp3) is 0.111. The van der Waals surface area contributed by atoms with Crippen molar-refractivity contribution in [3.63, 3.8) is 0 Å². The fourth-order valence-corrected chi connectivity index (χ4v) is 1.43. The number of nitrogens with zero attached hydrogens (tertiary/aromatic N) is 2. The Morgan fingerprint density at radius 1 is 1.27 bits per heavy atom. The molecule has 0 unspecified atom stereocenters. The van der Waals surface area contributed by atoms with Crippen LogP contribution in [0.5, 0.6) is 5.75 Å². The van der Waals surface area contributed by atoms with E-state index in [9.17, 15) is 13.9 Å². The minimum Gasteiger partial charge on any atom is -0.508 e. The highest BCUT2D eigenvalue weighted by Crippen LogP contribution is 2.26. The van der Waals surface area contributed by atoms with Gasteiger partial charge in [-0.3, -0.25) is 0 Å². The van der Waals surface area contributed by atoms with Gasteiger partial charge in [0.1, 0.15) is 10.9 Å². The molecule has 0 fully saturated rings. The van der Waals surface area contributed by atoms with E-state index in [2.05, 4.69) is 9.97 Å². The van der Waals surface area contributed by atoms with E-state index in [-0.39, 0.29) is 16.4 Å². The van der Waals surface area contributed by atoms with E-state index in [1.807, 2.05) is 0 Å². The minimum absolute atomic E-state index is 0.0159. The number of benzene rings is 1. The smallest absolute Gasteiger partial charge is 0.297 e. The summed E-state index contributed by atoms with van der Waals surface area (Å²) in [6, 6.07) is 4.08. The Labute approximate surface area is 88.3 Å². The molecule has 78 valence electrons. The van der Waals surface area contributed by atoms with Crippen molar-refractivity contribution in [1.29, 1.82) is 0 Å². The molecule has 0 bridgehead atoms. The molecule has 0 saturated carbocycles. The summed E-state index contributed by atoms with van der Waals surface area (Å²) in [5.74, 6) is -0.629. The lowest BCUT2D eigenvalue weighted by Gasteiger charge is -2.03. The SMILES string of the molecule is Oc1ccc2nc(C(F)F)nc(Cl)c2c1. The number of alkyl halides is 2. The molecule has 3 nitrogen and oxygen atoms in total. The first-order valence-electron chi connectivity index (χ1n) is 4.02. The van der Waals surface area contributed by atoms with Gasteiger partial charge in [0.2, 0.25) is 0 Å². The number of hydrogen-bond donors (Lipinski definition) is 1. The quantitative estimate of drug-likeness (QED) is 0.766. The maximum absolute atomic E-state index is 12.3. The van der Waals surface area contributed by atoms with Gasteiger partial charge in [-0.15, -0.1) is 0 Å². The zero-order chi connectivity index (χ0) is 11.0. The molecule has 15 heavy (non-hydrogen) atoms. The highest BCUT2D eigenvalue weighted by Gasteiger charge is 2.14. The van der Waals surface area contributed by atoms with Crippen molar-refractivity contribution in [1.82, 2.24) is 9.97 Å². The number of phenols is 1. The molecule has 0 spiro atoms. The van der Waals surface area contributed by atoms with Gasteiger partial charge < -0.3 is 5.11 Å². The van der Waals surface area contributed by atoms with Crippen LogP contribution in [0, 0.1) is 0 Å². The molecule has 0 atom stereocenters. The number of fused-ring (bicyclic) bond motifs is 1. The number of aromatic hydroxyl groups is 1. The second-order valence-electron chi connectivity index (χ2n) is 2.87. The normalized spacial score (nSPS) is 11.2. The summed E-state index contributed by atoms with van der Waals surface area (Å²) in [6.07, 6.45) is -2.76. The van der Waals surface area contributed by atoms with Crippen LogP contribution in [0.4, 0.5) is 8.78 Å². The Balaban J connectivity index is 2.73. The van der Waals surface area contributed by atoms with Crippen molar-refractivity contribution in [3.8, 4) is 5.75 Å². The van der Waals surface area contributed by atoms with Crippen molar-refractivity contribution in [2.45, 2.75) is 6.43 Å². The summed E-state index contributed by atoms with van der Waals surface area (Å²) in [5.41, 5.74) is 0.281. The summed E-state index contributed by atoms with van der Waals surface area (Å²) in [5, 5.41) is 9.43. The first kappa shape index (κ1) is 10.0. The Bertz CT molecular complexity index is 519. The third-order valence-corrected chi connectivity index (χ3v) is 2.13. The van der Waals surface area contributed by atoms with Gasteiger partial charge >= 0.3 is 0 Å². The largest absolute Gasteiger partial charge is 0.508 e. The van der Waals surface area contributed by atoms with Crippen LogP contribution in [0.25, 0.3) is 10.9 Å². The van der Waals surface area contributed by atoms with Crippen molar-refractivity contribution < 1.29 is 13.9 Å². The maximum atomic E-state index is 12.3. The lowest BCUT2D eigenvalue weighted by Crippen LogP contribution is -1.96. The summed E-state index contributed by atoms with van der Waals surface area (Å²) < 4.78 is 24.6. The molecule has 1 heterocycles. The van der Waals surface area contributed by atoms with Crippen LogP contribution in [0.1, 0.15) is 12.2 Å². The molecule has 0 radical (unpaired) electrons.